The van der Waals surface area contributed by atoms with E-state index in [4.69, 9.17) is 33.7 Å². The molecule has 0 saturated carbocycles. The van der Waals surface area contributed by atoms with Crippen LogP contribution in [0.2, 0.25) is 10.0 Å². The molecule has 3 rings (SSSR count). The maximum Gasteiger partial charge on any atom is 0.191 e. The van der Waals surface area contributed by atoms with Gasteiger partial charge in [-0.25, -0.2) is 0 Å². The summed E-state index contributed by atoms with van der Waals surface area (Å²) in [5.41, 5.74) is 8.08. The molecule has 3 N–H and O–H groups in total. The van der Waals surface area contributed by atoms with Crippen molar-refractivity contribution in [2.45, 2.75) is 6.42 Å². The lowest BCUT2D eigenvalue weighted by Crippen LogP contribution is -2.44. The Hall–Kier alpha value is -0.700. The van der Waals surface area contributed by atoms with E-state index < -0.39 is 0 Å². The van der Waals surface area contributed by atoms with Crippen molar-refractivity contribution in [3.05, 3.63) is 33.9 Å². The number of ether oxygens (including phenoxy) is 1. The van der Waals surface area contributed by atoms with Crippen molar-refractivity contribution < 1.29 is 4.74 Å². The first-order valence-electron chi connectivity index (χ1n) is 7.23. The van der Waals surface area contributed by atoms with Crippen molar-refractivity contribution >= 4 is 64.0 Å². The third kappa shape index (κ3) is 4.43. The van der Waals surface area contributed by atoms with Crippen LogP contribution in [0.1, 0.15) is 5.56 Å². The summed E-state index contributed by atoms with van der Waals surface area (Å²) in [6.07, 6.45) is 2.72. The van der Waals surface area contributed by atoms with E-state index in [1.54, 1.807) is 6.07 Å². The van der Waals surface area contributed by atoms with Crippen LogP contribution in [0.4, 0.5) is 0 Å². The standard InChI is InChI=1S/C15H18Cl2N4O.HI/c16-11-7-12(17)14-10(9-20-13(14)8-11)1-2-19-15(18)21-3-5-22-6-4-21;/h7-9,20H,1-6H2,(H2,18,19);1H. The van der Waals surface area contributed by atoms with Gasteiger partial charge in [-0.3, -0.25) is 4.99 Å². The maximum atomic E-state index is 6.28. The van der Waals surface area contributed by atoms with Crippen LogP contribution in [0.15, 0.2) is 23.3 Å². The number of hydrogen-bond donors (Lipinski definition) is 2. The van der Waals surface area contributed by atoms with Crippen molar-refractivity contribution in [2.75, 3.05) is 32.8 Å². The summed E-state index contributed by atoms with van der Waals surface area (Å²) < 4.78 is 5.30. The third-order valence-electron chi connectivity index (χ3n) is 3.77. The van der Waals surface area contributed by atoms with E-state index in [1.165, 1.54) is 0 Å². The molecule has 1 aromatic carbocycles. The molecule has 1 fully saturated rings. The highest BCUT2D eigenvalue weighted by Crippen LogP contribution is 2.30. The fourth-order valence-corrected chi connectivity index (χ4v) is 3.25. The van der Waals surface area contributed by atoms with Crippen LogP contribution >= 0.6 is 47.2 Å². The molecular weight excluding hydrogens is 450 g/mol. The number of H-pyrrole nitrogens is 1. The summed E-state index contributed by atoms with van der Waals surface area (Å²) in [7, 11) is 0. The number of hydrogen-bond acceptors (Lipinski definition) is 2. The van der Waals surface area contributed by atoms with E-state index in [-0.39, 0.29) is 24.0 Å². The van der Waals surface area contributed by atoms with Gasteiger partial charge in [0.25, 0.3) is 0 Å². The maximum absolute atomic E-state index is 6.28. The largest absolute Gasteiger partial charge is 0.378 e. The van der Waals surface area contributed by atoms with Crippen molar-refractivity contribution in [3.8, 4) is 0 Å². The van der Waals surface area contributed by atoms with Crippen molar-refractivity contribution in [3.63, 3.8) is 0 Å². The quantitative estimate of drug-likeness (QED) is 0.412. The molecule has 8 heteroatoms. The zero-order valence-electron chi connectivity index (χ0n) is 12.5. The average Bonchev–Trinajstić information content (AvgIpc) is 2.91. The summed E-state index contributed by atoms with van der Waals surface area (Å²) in [6, 6.07) is 3.63. The number of fused-ring (bicyclic) bond motifs is 1. The number of rotatable bonds is 3. The fourth-order valence-electron chi connectivity index (χ4n) is 2.63. The van der Waals surface area contributed by atoms with Crippen LogP contribution in [-0.2, 0) is 11.2 Å². The number of nitrogens with two attached hydrogens (primary N) is 1. The SMILES string of the molecule is I.NC(=NCCc1c[nH]c2cc(Cl)cc(Cl)c12)N1CCOCC1. The molecule has 2 aromatic rings. The smallest absolute Gasteiger partial charge is 0.191 e. The zero-order chi connectivity index (χ0) is 15.5. The second-order valence-corrected chi connectivity index (χ2v) is 6.06. The van der Waals surface area contributed by atoms with E-state index in [1.807, 2.05) is 17.2 Å². The molecule has 1 aromatic heterocycles. The van der Waals surface area contributed by atoms with E-state index >= 15 is 0 Å². The number of morpholine rings is 1. The second kappa shape index (κ2) is 8.41. The number of aliphatic imine (C=N–C) groups is 1. The van der Waals surface area contributed by atoms with Crippen LogP contribution < -0.4 is 5.73 Å². The van der Waals surface area contributed by atoms with Crippen molar-refractivity contribution in [1.29, 1.82) is 0 Å². The van der Waals surface area contributed by atoms with Gasteiger partial charge in [-0.2, -0.15) is 0 Å². The van der Waals surface area contributed by atoms with Crippen LogP contribution in [0.3, 0.4) is 0 Å². The molecule has 0 radical (unpaired) electrons. The topological polar surface area (TPSA) is 66.6 Å². The fraction of sp³-hybridized carbons (Fsp3) is 0.400. The van der Waals surface area contributed by atoms with E-state index in [0.29, 0.717) is 35.8 Å². The second-order valence-electron chi connectivity index (χ2n) is 5.21. The highest BCUT2D eigenvalue weighted by atomic mass is 127. The Morgan fingerprint density at radius 1 is 1.30 bits per heavy atom. The van der Waals surface area contributed by atoms with Crippen LogP contribution in [0, 0.1) is 0 Å². The summed E-state index contributed by atoms with van der Waals surface area (Å²) in [6.45, 7) is 3.62. The number of nitrogens with zero attached hydrogens (tertiary/aromatic N) is 2. The highest BCUT2D eigenvalue weighted by molar-refractivity contribution is 14.0. The summed E-state index contributed by atoms with van der Waals surface area (Å²) in [4.78, 5) is 9.70. The van der Waals surface area contributed by atoms with Gasteiger partial charge in [0.1, 0.15) is 0 Å². The van der Waals surface area contributed by atoms with Gasteiger partial charge in [0.15, 0.2) is 5.96 Å². The van der Waals surface area contributed by atoms with E-state index in [0.717, 1.165) is 36.0 Å². The molecule has 1 saturated heterocycles. The van der Waals surface area contributed by atoms with Crippen molar-refractivity contribution in [1.82, 2.24) is 9.88 Å². The molecule has 5 nitrogen and oxygen atoms in total. The predicted molar refractivity (Wildman–Crippen MR) is 106 cm³/mol. The predicted octanol–water partition coefficient (Wildman–Crippen LogP) is 3.28. The van der Waals surface area contributed by atoms with Gasteiger partial charge < -0.3 is 20.4 Å². The van der Waals surface area contributed by atoms with Gasteiger partial charge in [-0.1, -0.05) is 23.2 Å². The Balaban J connectivity index is 0.00000192. The molecule has 0 bridgehead atoms. The lowest BCUT2D eigenvalue weighted by atomic mass is 10.1. The Labute approximate surface area is 162 Å². The molecule has 0 aliphatic carbocycles. The van der Waals surface area contributed by atoms with Crippen LogP contribution in [0.5, 0.6) is 0 Å². The Morgan fingerprint density at radius 2 is 2.04 bits per heavy atom. The molecule has 126 valence electrons. The normalized spacial score (nSPS) is 15.7. The number of halogens is 3. The average molecular weight is 469 g/mol. The molecular formula is C15H19Cl2IN4O. The van der Waals surface area contributed by atoms with Gasteiger partial charge in [0, 0.05) is 41.8 Å². The third-order valence-corrected chi connectivity index (χ3v) is 4.28. The Morgan fingerprint density at radius 3 is 2.78 bits per heavy atom. The minimum atomic E-state index is 0. The Kier molecular flexibility index (Phi) is 6.82. The first-order valence-corrected chi connectivity index (χ1v) is 7.98. The van der Waals surface area contributed by atoms with Crippen LogP contribution in [-0.4, -0.2) is 48.7 Å². The monoisotopic (exact) mass is 468 g/mol. The number of benzene rings is 1. The molecule has 1 aliphatic heterocycles. The van der Waals surface area contributed by atoms with Crippen molar-refractivity contribution in [2.24, 2.45) is 10.7 Å². The first-order chi connectivity index (χ1) is 10.6. The summed E-state index contributed by atoms with van der Waals surface area (Å²) in [5, 5.41) is 2.29. The molecule has 23 heavy (non-hydrogen) atoms. The molecule has 0 atom stereocenters. The lowest BCUT2D eigenvalue weighted by Gasteiger charge is -2.27. The number of nitrogens with one attached hydrogen (secondary N) is 1. The highest BCUT2D eigenvalue weighted by Gasteiger charge is 2.12. The van der Waals surface area contributed by atoms with E-state index in [9.17, 15) is 0 Å². The molecule has 1 aliphatic rings. The van der Waals surface area contributed by atoms with Gasteiger partial charge in [-0.15, -0.1) is 24.0 Å². The zero-order valence-corrected chi connectivity index (χ0v) is 16.4. The molecule has 0 amide bonds. The van der Waals surface area contributed by atoms with Gasteiger partial charge in [0.05, 0.1) is 18.2 Å². The summed E-state index contributed by atoms with van der Waals surface area (Å²) in [5.74, 6) is 0.581. The first kappa shape index (κ1) is 18.6. The number of aromatic nitrogens is 1. The minimum Gasteiger partial charge on any atom is -0.378 e. The lowest BCUT2D eigenvalue weighted by molar-refractivity contribution is 0.0674. The number of aromatic amines is 1. The van der Waals surface area contributed by atoms with Crippen LogP contribution in [0.25, 0.3) is 10.9 Å². The summed E-state index contributed by atoms with van der Waals surface area (Å²) >= 11 is 12.3. The van der Waals surface area contributed by atoms with Gasteiger partial charge in [-0.05, 0) is 24.1 Å². The Bertz CT molecular complexity index is 698. The minimum absolute atomic E-state index is 0. The molecule has 0 unspecified atom stereocenters. The van der Waals surface area contributed by atoms with Gasteiger partial charge >= 0.3 is 0 Å². The van der Waals surface area contributed by atoms with Gasteiger partial charge in [0.2, 0.25) is 0 Å². The molecule has 2 heterocycles. The molecule has 0 spiro atoms. The van der Waals surface area contributed by atoms with E-state index in [2.05, 4.69) is 9.98 Å². The number of guanidine groups is 1.